The van der Waals surface area contributed by atoms with Crippen molar-refractivity contribution in [2.75, 3.05) is 18.6 Å². The van der Waals surface area contributed by atoms with Crippen molar-refractivity contribution in [3.63, 3.8) is 0 Å². The van der Waals surface area contributed by atoms with E-state index in [-0.39, 0.29) is 6.10 Å². The van der Waals surface area contributed by atoms with Crippen LogP contribution in [0.4, 0.5) is 5.69 Å². The van der Waals surface area contributed by atoms with Gasteiger partial charge in [0.15, 0.2) is 0 Å². The minimum atomic E-state index is -3.58. The Morgan fingerprint density at radius 1 is 1.04 bits per heavy atom. The van der Waals surface area contributed by atoms with E-state index in [4.69, 9.17) is 4.74 Å². The van der Waals surface area contributed by atoms with E-state index in [9.17, 15) is 13.2 Å². The number of benzene rings is 2. The maximum atomic E-state index is 13.0. The molecule has 0 aliphatic carbocycles. The van der Waals surface area contributed by atoms with Crippen molar-refractivity contribution in [1.82, 2.24) is 4.31 Å². The van der Waals surface area contributed by atoms with Crippen LogP contribution in [-0.4, -0.2) is 38.0 Å². The van der Waals surface area contributed by atoms with Crippen LogP contribution in [0.5, 0.6) is 5.75 Å². The second-order valence-electron chi connectivity index (χ2n) is 6.24. The Bertz CT molecular complexity index is 851. The van der Waals surface area contributed by atoms with Crippen molar-refractivity contribution in [3.05, 3.63) is 60.2 Å². The van der Waals surface area contributed by atoms with E-state index in [0.29, 0.717) is 17.0 Å². The summed E-state index contributed by atoms with van der Waals surface area (Å²) in [5, 5.41) is 2.80. The standard InChI is InChI=1S/C19H24N2O4S/c1-14(2)25-17-13-9-8-12-16(17)20-19(22)18(21(3)26(4,23)24)15-10-6-5-7-11-15/h5-14,18H,1-4H3,(H,20,22). The number of sulfonamides is 1. The molecule has 26 heavy (non-hydrogen) atoms. The van der Waals surface area contributed by atoms with Crippen LogP contribution in [0.25, 0.3) is 0 Å². The number of para-hydroxylation sites is 2. The molecule has 0 aliphatic rings. The van der Waals surface area contributed by atoms with Crippen LogP contribution in [0.3, 0.4) is 0 Å². The van der Waals surface area contributed by atoms with Gasteiger partial charge in [-0.25, -0.2) is 8.42 Å². The fraction of sp³-hybridized carbons (Fsp3) is 0.316. The first-order valence-corrected chi connectivity index (χ1v) is 10.1. The largest absolute Gasteiger partial charge is 0.489 e. The summed E-state index contributed by atoms with van der Waals surface area (Å²) < 4.78 is 30.8. The van der Waals surface area contributed by atoms with Gasteiger partial charge in [-0.2, -0.15) is 4.31 Å². The summed E-state index contributed by atoms with van der Waals surface area (Å²) in [6, 6.07) is 14.9. The Hall–Kier alpha value is -2.38. The zero-order valence-electron chi connectivity index (χ0n) is 15.3. The quantitative estimate of drug-likeness (QED) is 0.806. The lowest BCUT2D eigenvalue weighted by atomic mass is 10.1. The number of ether oxygens (including phenoxy) is 1. The third-order valence-electron chi connectivity index (χ3n) is 3.76. The average molecular weight is 376 g/mol. The van der Waals surface area contributed by atoms with Gasteiger partial charge in [-0.15, -0.1) is 0 Å². The van der Waals surface area contributed by atoms with Crippen LogP contribution in [0.2, 0.25) is 0 Å². The molecule has 2 aromatic rings. The molecular weight excluding hydrogens is 352 g/mol. The summed E-state index contributed by atoms with van der Waals surface area (Å²) in [6.45, 7) is 3.78. The van der Waals surface area contributed by atoms with Gasteiger partial charge in [-0.3, -0.25) is 4.79 Å². The van der Waals surface area contributed by atoms with Gasteiger partial charge < -0.3 is 10.1 Å². The second kappa shape index (κ2) is 8.33. The first-order chi connectivity index (χ1) is 12.2. The predicted molar refractivity (Wildman–Crippen MR) is 103 cm³/mol. The lowest BCUT2D eigenvalue weighted by Gasteiger charge is -2.26. The molecule has 7 heteroatoms. The Balaban J connectivity index is 2.37. The molecule has 0 saturated carbocycles. The fourth-order valence-corrected chi connectivity index (χ4v) is 3.08. The zero-order chi connectivity index (χ0) is 19.3. The van der Waals surface area contributed by atoms with Crippen molar-refractivity contribution in [2.24, 2.45) is 0 Å². The molecule has 1 amide bonds. The average Bonchev–Trinajstić information content (AvgIpc) is 2.56. The number of hydrogen-bond donors (Lipinski definition) is 1. The normalized spacial score (nSPS) is 12.8. The summed E-state index contributed by atoms with van der Waals surface area (Å²) in [7, 11) is -2.18. The number of rotatable bonds is 7. The second-order valence-corrected chi connectivity index (χ2v) is 8.29. The SMILES string of the molecule is CC(C)Oc1ccccc1NC(=O)C(c1ccccc1)N(C)S(C)(=O)=O. The molecule has 1 N–H and O–H groups in total. The van der Waals surface area contributed by atoms with Gasteiger partial charge >= 0.3 is 0 Å². The van der Waals surface area contributed by atoms with Crippen LogP contribution in [-0.2, 0) is 14.8 Å². The molecule has 2 rings (SSSR count). The van der Waals surface area contributed by atoms with Crippen LogP contribution in [0, 0.1) is 0 Å². The minimum absolute atomic E-state index is 0.0586. The third-order valence-corrected chi connectivity index (χ3v) is 5.02. The van der Waals surface area contributed by atoms with Gasteiger partial charge in [-0.1, -0.05) is 42.5 Å². The Morgan fingerprint density at radius 2 is 1.62 bits per heavy atom. The minimum Gasteiger partial charge on any atom is -0.489 e. The number of amides is 1. The predicted octanol–water partition coefficient (Wildman–Crippen LogP) is 3.05. The number of nitrogens with zero attached hydrogens (tertiary/aromatic N) is 1. The lowest BCUT2D eigenvalue weighted by Crippen LogP contribution is -2.38. The number of carbonyl (C=O) groups excluding carboxylic acids is 1. The smallest absolute Gasteiger partial charge is 0.247 e. The molecule has 0 heterocycles. The van der Waals surface area contributed by atoms with E-state index in [1.807, 2.05) is 26.0 Å². The number of hydrogen-bond acceptors (Lipinski definition) is 4. The number of likely N-dealkylation sites (N-methyl/N-ethyl adjacent to an activating group) is 1. The molecule has 0 radical (unpaired) electrons. The maximum Gasteiger partial charge on any atom is 0.247 e. The van der Waals surface area contributed by atoms with Gasteiger partial charge in [0, 0.05) is 7.05 Å². The highest BCUT2D eigenvalue weighted by Gasteiger charge is 2.31. The highest BCUT2D eigenvalue weighted by Crippen LogP contribution is 2.28. The zero-order valence-corrected chi connectivity index (χ0v) is 16.2. The monoisotopic (exact) mass is 376 g/mol. The molecule has 0 bridgehead atoms. The van der Waals surface area contributed by atoms with Gasteiger partial charge in [-0.05, 0) is 31.5 Å². The molecule has 1 unspecified atom stereocenters. The van der Waals surface area contributed by atoms with Crippen molar-refractivity contribution >= 4 is 21.6 Å². The first kappa shape index (κ1) is 19.9. The van der Waals surface area contributed by atoms with Crippen LogP contribution >= 0.6 is 0 Å². The highest BCUT2D eigenvalue weighted by molar-refractivity contribution is 7.88. The van der Waals surface area contributed by atoms with E-state index in [1.54, 1.807) is 42.5 Å². The summed E-state index contributed by atoms with van der Waals surface area (Å²) >= 11 is 0. The molecule has 140 valence electrons. The molecule has 0 saturated heterocycles. The van der Waals surface area contributed by atoms with Crippen LogP contribution < -0.4 is 10.1 Å². The van der Waals surface area contributed by atoms with E-state index >= 15 is 0 Å². The fourth-order valence-electron chi connectivity index (χ4n) is 2.48. The van der Waals surface area contributed by atoms with Gasteiger partial charge in [0.25, 0.3) is 0 Å². The Morgan fingerprint density at radius 3 is 2.19 bits per heavy atom. The number of anilines is 1. The molecule has 0 fully saturated rings. The topological polar surface area (TPSA) is 75.7 Å². The Labute approximate surface area is 154 Å². The van der Waals surface area contributed by atoms with Crippen molar-refractivity contribution in [2.45, 2.75) is 26.0 Å². The van der Waals surface area contributed by atoms with Crippen molar-refractivity contribution in [1.29, 1.82) is 0 Å². The van der Waals surface area contributed by atoms with E-state index in [2.05, 4.69) is 5.32 Å². The van der Waals surface area contributed by atoms with E-state index in [1.165, 1.54) is 7.05 Å². The van der Waals surface area contributed by atoms with E-state index < -0.39 is 22.0 Å². The summed E-state index contributed by atoms with van der Waals surface area (Å²) in [5.41, 5.74) is 1.08. The molecule has 0 aliphatic heterocycles. The maximum absolute atomic E-state index is 13.0. The molecule has 0 aromatic heterocycles. The van der Waals surface area contributed by atoms with Crippen molar-refractivity contribution < 1.29 is 17.9 Å². The van der Waals surface area contributed by atoms with Crippen molar-refractivity contribution in [3.8, 4) is 5.75 Å². The lowest BCUT2D eigenvalue weighted by molar-refractivity contribution is -0.119. The first-order valence-electron chi connectivity index (χ1n) is 8.24. The molecule has 2 aromatic carbocycles. The summed E-state index contributed by atoms with van der Waals surface area (Å²) in [4.78, 5) is 13.0. The third kappa shape index (κ3) is 5.06. The van der Waals surface area contributed by atoms with E-state index in [0.717, 1.165) is 10.6 Å². The molecule has 0 spiro atoms. The number of carbonyl (C=O) groups is 1. The van der Waals surface area contributed by atoms with Gasteiger partial charge in [0.1, 0.15) is 11.8 Å². The van der Waals surface area contributed by atoms with Crippen LogP contribution in [0.1, 0.15) is 25.5 Å². The Kier molecular flexibility index (Phi) is 6.39. The molecular formula is C19H24N2O4S. The summed E-state index contributed by atoms with van der Waals surface area (Å²) in [6.07, 6.45) is 1.02. The number of nitrogens with one attached hydrogen (secondary N) is 1. The molecule has 1 atom stereocenters. The summed E-state index contributed by atoms with van der Waals surface area (Å²) in [5.74, 6) is 0.0774. The van der Waals surface area contributed by atoms with Gasteiger partial charge in [0.2, 0.25) is 15.9 Å². The highest BCUT2D eigenvalue weighted by atomic mass is 32.2. The molecule has 6 nitrogen and oxygen atoms in total. The van der Waals surface area contributed by atoms with Gasteiger partial charge in [0.05, 0.1) is 18.0 Å². The van der Waals surface area contributed by atoms with Crippen LogP contribution in [0.15, 0.2) is 54.6 Å².